The van der Waals surface area contributed by atoms with Crippen molar-refractivity contribution < 1.29 is 19.8 Å². The molecule has 2 atom stereocenters. The predicted octanol–water partition coefficient (Wildman–Crippen LogP) is 0.951. The summed E-state index contributed by atoms with van der Waals surface area (Å²) in [4.78, 5) is 28.7. The number of aliphatic hydroxyl groups is 1. The van der Waals surface area contributed by atoms with E-state index in [0.29, 0.717) is 25.9 Å². The van der Waals surface area contributed by atoms with E-state index in [-0.39, 0.29) is 24.7 Å². The molecule has 2 aromatic heterocycles. The average Bonchev–Trinajstić information content (AvgIpc) is 3.13. The molecule has 1 aliphatic heterocycles. The van der Waals surface area contributed by atoms with E-state index in [1.807, 2.05) is 28.9 Å². The Kier molecular flexibility index (Phi) is 4.80. The summed E-state index contributed by atoms with van der Waals surface area (Å²) in [5.41, 5.74) is 1.89. The monoisotopic (exact) mass is 331 g/mol. The van der Waals surface area contributed by atoms with Crippen molar-refractivity contribution in [3.8, 4) is 0 Å². The van der Waals surface area contributed by atoms with Gasteiger partial charge in [-0.2, -0.15) is 0 Å². The number of β-amino-alcohol motifs (C(OH)–C–C–N with tert-alkyl or cyclic N) is 1. The molecule has 1 fully saturated rings. The molecule has 2 N–H and O–H groups in total. The molecule has 0 aromatic carbocycles. The fraction of sp³-hybridized carbons (Fsp3) is 0.471. The lowest BCUT2D eigenvalue weighted by Crippen LogP contribution is -2.29. The molecule has 1 saturated heterocycles. The number of rotatable bonds is 6. The summed E-state index contributed by atoms with van der Waals surface area (Å²) >= 11 is 0. The van der Waals surface area contributed by atoms with Crippen LogP contribution in [0, 0.1) is 5.92 Å². The maximum Gasteiger partial charge on any atom is 0.303 e. The van der Waals surface area contributed by atoms with Crippen molar-refractivity contribution >= 4 is 17.4 Å². The van der Waals surface area contributed by atoms with Crippen LogP contribution < -0.4 is 0 Å². The van der Waals surface area contributed by atoms with Gasteiger partial charge in [0.05, 0.1) is 23.5 Å². The molecule has 2 aromatic rings. The smallest absolute Gasteiger partial charge is 0.303 e. The lowest BCUT2D eigenvalue weighted by molar-refractivity contribution is -0.137. The van der Waals surface area contributed by atoms with Gasteiger partial charge in [0.1, 0.15) is 0 Å². The Morgan fingerprint density at radius 1 is 1.29 bits per heavy atom. The van der Waals surface area contributed by atoms with Gasteiger partial charge in [-0.05, 0) is 25.0 Å². The minimum atomic E-state index is -0.895. The van der Waals surface area contributed by atoms with Crippen molar-refractivity contribution in [3.63, 3.8) is 0 Å². The highest BCUT2D eigenvalue weighted by molar-refractivity contribution is 5.77. The summed E-state index contributed by atoms with van der Waals surface area (Å²) in [5, 5.41) is 18.9. The SMILES string of the molecule is O=C(O)CCCC(=O)N1C[C@@H](Cc2cn3cccc3cn2)[C@@H](O)C1. The second-order valence-electron chi connectivity index (χ2n) is 6.30. The first-order valence-corrected chi connectivity index (χ1v) is 8.12. The van der Waals surface area contributed by atoms with Gasteiger partial charge in [0, 0.05) is 44.2 Å². The van der Waals surface area contributed by atoms with E-state index < -0.39 is 12.1 Å². The number of hydrogen-bond acceptors (Lipinski definition) is 4. The molecule has 0 saturated carbocycles. The third-order valence-electron chi connectivity index (χ3n) is 4.47. The fourth-order valence-electron chi connectivity index (χ4n) is 3.16. The van der Waals surface area contributed by atoms with E-state index in [1.165, 1.54) is 0 Å². The number of likely N-dealkylation sites (tertiary alicyclic amines) is 1. The van der Waals surface area contributed by atoms with Crippen LogP contribution in [0.15, 0.2) is 30.7 Å². The minimum absolute atomic E-state index is 0.00757. The van der Waals surface area contributed by atoms with E-state index in [1.54, 1.807) is 11.1 Å². The Balaban J connectivity index is 1.57. The number of fused-ring (bicyclic) bond motifs is 1. The van der Waals surface area contributed by atoms with Gasteiger partial charge in [-0.3, -0.25) is 14.6 Å². The Morgan fingerprint density at radius 2 is 2.12 bits per heavy atom. The number of aromatic nitrogens is 2. The van der Waals surface area contributed by atoms with Gasteiger partial charge in [0.2, 0.25) is 5.91 Å². The van der Waals surface area contributed by atoms with Crippen LogP contribution in [-0.4, -0.2) is 55.6 Å². The highest BCUT2D eigenvalue weighted by Gasteiger charge is 2.34. The summed E-state index contributed by atoms with van der Waals surface area (Å²) in [6.07, 6.45) is 6.25. The average molecular weight is 331 g/mol. The second-order valence-corrected chi connectivity index (χ2v) is 6.30. The fourth-order valence-corrected chi connectivity index (χ4v) is 3.16. The van der Waals surface area contributed by atoms with Gasteiger partial charge in [0.15, 0.2) is 0 Å². The minimum Gasteiger partial charge on any atom is -0.481 e. The van der Waals surface area contributed by atoms with Gasteiger partial charge < -0.3 is 19.5 Å². The van der Waals surface area contributed by atoms with Gasteiger partial charge in [0.25, 0.3) is 0 Å². The normalized spacial score (nSPS) is 20.6. The summed E-state index contributed by atoms with van der Waals surface area (Å²) in [6.45, 7) is 0.792. The number of carbonyl (C=O) groups excluding carboxylic acids is 1. The van der Waals surface area contributed by atoms with Gasteiger partial charge in [-0.15, -0.1) is 0 Å². The maximum atomic E-state index is 12.1. The highest BCUT2D eigenvalue weighted by Crippen LogP contribution is 2.22. The van der Waals surface area contributed by atoms with Crippen molar-refractivity contribution in [1.29, 1.82) is 0 Å². The predicted molar refractivity (Wildman–Crippen MR) is 86.5 cm³/mol. The Morgan fingerprint density at radius 3 is 2.92 bits per heavy atom. The molecule has 7 nitrogen and oxygen atoms in total. The van der Waals surface area contributed by atoms with Gasteiger partial charge in [-0.1, -0.05) is 0 Å². The molecule has 1 amide bonds. The van der Waals surface area contributed by atoms with Gasteiger partial charge in [-0.25, -0.2) is 0 Å². The van der Waals surface area contributed by atoms with Crippen molar-refractivity contribution in [2.45, 2.75) is 31.8 Å². The number of aliphatic hydroxyl groups excluding tert-OH is 1. The Hall–Kier alpha value is -2.41. The topological polar surface area (TPSA) is 95.1 Å². The summed E-state index contributed by atoms with van der Waals surface area (Å²) in [6, 6.07) is 3.92. The lowest BCUT2D eigenvalue weighted by atomic mass is 10.0. The molecule has 0 radical (unpaired) electrons. The Bertz CT molecular complexity index is 742. The largest absolute Gasteiger partial charge is 0.481 e. The van der Waals surface area contributed by atoms with Crippen molar-refractivity contribution in [1.82, 2.24) is 14.3 Å². The van der Waals surface area contributed by atoms with E-state index in [4.69, 9.17) is 5.11 Å². The van der Waals surface area contributed by atoms with Crippen LogP contribution in [0.25, 0.3) is 5.52 Å². The van der Waals surface area contributed by atoms with Gasteiger partial charge >= 0.3 is 5.97 Å². The number of carbonyl (C=O) groups is 2. The first kappa shape index (κ1) is 16.4. The molecule has 24 heavy (non-hydrogen) atoms. The summed E-state index contributed by atoms with van der Waals surface area (Å²) < 4.78 is 1.98. The van der Waals surface area contributed by atoms with Crippen molar-refractivity contribution in [2.75, 3.05) is 13.1 Å². The number of aliphatic carboxylic acids is 1. The number of amides is 1. The number of carboxylic acids is 1. The molecule has 7 heteroatoms. The molecule has 0 aliphatic carbocycles. The standard InChI is InChI=1S/C17H21N3O4/c21-15-11-20(16(22)4-1-5-17(23)24)9-12(15)7-13-10-19-6-2-3-14(19)8-18-13/h2-3,6,8,10,12,15,21H,1,4-5,7,9,11H2,(H,23,24)/t12-,15+/m1/s1. The first-order chi connectivity index (χ1) is 11.5. The third-order valence-corrected chi connectivity index (χ3v) is 4.47. The molecule has 1 aliphatic rings. The van der Waals surface area contributed by atoms with E-state index in [2.05, 4.69) is 4.98 Å². The highest BCUT2D eigenvalue weighted by atomic mass is 16.4. The zero-order chi connectivity index (χ0) is 17.1. The second kappa shape index (κ2) is 7.00. The van der Waals surface area contributed by atoms with Crippen LogP contribution in [0.1, 0.15) is 25.0 Å². The first-order valence-electron chi connectivity index (χ1n) is 8.12. The number of carboxylic acid groups (broad SMARTS) is 1. The van der Waals surface area contributed by atoms with Crippen molar-refractivity contribution in [3.05, 3.63) is 36.4 Å². The van der Waals surface area contributed by atoms with E-state index >= 15 is 0 Å². The van der Waals surface area contributed by atoms with Crippen LogP contribution >= 0.6 is 0 Å². The molecular weight excluding hydrogens is 310 g/mol. The molecule has 0 bridgehead atoms. The zero-order valence-corrected chi connectivity index (χ0v) is 13.3. The third kappa shape index (κ3) is 3.73. The summed E-state index contributed by atoms with van der Waals surface area (Å²) in [7, 11) is 0. The molecule has 128 valence electrons. The van der Waals surface area contributed by atoms with E-state index in [9.17, 15) is 14.7 Å². The van der Waals surface area contributed by atoms with Crippen LogP contribution in [0.5, 0.6) is 0 Å². The molecular formula is C17H21N3O4. The van der Waals surface area contributed by atoms with Crippen LogP contribution in [0.3, 0.4) is 0 Å². The maximum absolute atomic E-state index is 12.1. The Labute approximate surface area is 139 Å². The number of nitrogens with zero attached hydrogens (tertiary/aromatic N) is 3. The van der Waals surface area contributed by atoms with E-state index in [0.717, 1.165) is 11.2 Å². The van der Waals surface area contributed by atoms with Crippen molar-refractivity contribution in [2.24, 2.45) is 5.92 Å². The number of hydrogen-bond donors (Lipinski definition) is 2. The zero-order valence-electron chi connectivity index (χ0n) is 13.3. The quantitative estimate of drug-likeness (QED) is 0.822. The molecule has 3 rings (SSSR count). The summed E-state index contributed by atoms with van der Waals surface area (Å²) in [5.74, 6) is -1.03. The lowest BCUT2D eigenvalue weighted by Gasteiger charge is -2.15. The van der Waals surface area contributed by atoms with Crippen LogP contribution in [0.2, 0.25) is 0 Å². The van der Waals surface area contributed by atoms with Crippen LogP contribution in [0.4, 0.5) is 0 Å². The molecule has 0 spiro atoms. The van der Waals surface area contributed by atoms with Crippen LogP contribution in [-0.2, 0) is 16.0 Å². The molecule has 3 heterocycles. The molecule has 0 unspecified atom stereocenters.